The summed E-state index contributed by atoms with van der Waals surface area (Å²) < 4.78 is 5.24. The maximum atomic E-state index is 13.0. The summed E-state index contributed by atoms with van der Waals surface area (Å²) in [5.41, 5.74) is 2.66. The number of carbonyl (C=O) groups is 3. The van der Waals surface area contributed by atoms with Crippen molar-refractivity contribution in [2.24, 2.45) is 0 Å². The molecule has 0 aromatic heterocycles. The van der Waals surface area contributed by atoms with Crippen LogP contribution in [0.5, 0.6) is 0 Å². The number of halogens is 1. The Kier molecular flexibility index (Phi) is 5.68. The molecule has 1 N–H and O–H groups in total. The third-order valence-corrected chi connectivity index (χ3v) is 6.50. The van der Waals surface area contributed by atoms with Crippen LogP contribution in [0.1, 0.15) is 11.6 Å². The van der Waals surface area contributed by atoms with Crippen LogP contribution in [0.4, 0.5) is 10.5 Å². The van der Waals surface area contributed by atoms with Crippen LogP contribution in [-0.2, 0) is 14.3 Å². The van der Waals surface area contributed by atoms with Crippen molar-refractivity contribution in [3.63, 3.8) is 0 Å². The summed E-state index contributed by atoms with van der Waals surface area (Å²) in [4.78, 5) is 43.8. The first-order valence-corrected chi connectivity index (χ1v) is 11.2. The Labute approximate surface area is 196 Å². The number of cyclic esters (lactones) is 1. The second-order valence-electron chi connectivity index (χ2n) is 8.16. The summed E-state index contributed by atoms with van der Waals surface area (Å²) >= 11 is 5.97. The number of piperazine rings is 1. The number of ether oxygens (including phenoxy) is 1. The van der Waals surface area contributed by atoms with Gasteiger partial charge in [0, 0.05) is 36.9 Å². The minimum Gasteiger partial charge on any atom is -0.456 e. The molecule has 1 saturated heterocycles. The van der Waals surface area contributed by atoms with Crippen molar-refractivity contribution in [1.29, 1.82) is 0 Å². The van der Waals surface area contributed by atoms with Gasteiger partial charge >= 0.3 is 12.0 Å². The van der Waals surface area contributed by atoms with Crippen molar-refractivity contribution in [3.05, 3.63) is 76.5 Å². The van der Waals surface area contributed by atoms with E-state index >= 15 is 0 Å². The molecule has 3 amide bonds. The Morgan fingerprint density at radius 1 is 1.00 bits per heavy atom. The van der Waals surface area contributed by atoms with Crippen molar-refractivity contribution >= 4 is 35.2 Å². The number of urea groups is 1. The molecule has 2 aromatic carbocycles. The minimum atomic E-state index is -0.638. The summed E-state index contributed by atoms with van der Waals surface area (Å²) in [5, 5.41) is 3.41. The highest BCUT2D eigenvalue weighted by molar-refractivity contribution is 6.30. The SMILES string of the molecule is O=C1OCC2=C1[C@H](c1ccc(Cl)cc1)NC(=O)N2CC(=O)N1CCN(c2ccccc2)CC1. The van der Waals surface area contributed by atoms with E-state index < -0.39 is 18.0 Å². The van der Waals surface area contributed by atoms with Gasteiger partial charge in [-0.25, -0.2) is 9.59 Å². The lowest BCUT2D eigenvalue weighted by atomic mass is 9.96. The molecule has 0 spiro atoms. The second-order valence-corrected chi connectivity index (χ2v) is 8.60. The Morgan fingerprint density at radius 3 is 2.39 bits per heavy atom. The number of rotatable bonds is 4. The van der Waals surface area contributed by atoms with Crippen LogP contribution in [0.25, 0.3) is 0 Å². The summed E-state index contributed by atoms with van der Waals surface area (Å²) in [6.45, 7) is 2.41. The smallest absolute Gasteiger partial charge is 0.338 e. The zero-order valence-corrected chi connectivity index (χ0v) is 18.6. The molecule has 1 fully saturated rings. The number of esters is 1. The van der Waals surface area contributed by atoms with Crippen LogP contribution >= 0.6 is 11.6 Å². The molecule has 9 heteroatoms. The van der Waals surface area contributed by atoms with Gasteiger partial charge in [-0.1, -0.05) is 41.9 Å². The largest absolute Gasteiger partial charge is 0.456 e. The van der Waals surface area contributed by atoms with Crippen molar-refractivity contribution in [2.45, 2.75) is 6.04 Å². The van der Waals surface area contributed by atoms with Crippen LogP contribution in [0.2, 0.25) is 5.02 Å². The number of hydrogen-bond donors (Lipinski definition) is 1. The topological polar surface area (TPSA) is 82.2 Å². The van der Waals surface area contributed by atoms with Crippen LogP contribution < -0.4 is 10.2 Å². The highest BCUT2D eigenvalue weighted by Gasteiger charge is 2.43. The fraction of sp³-hybridized carbons (Fsp3) is 0.292. The molecule has 2 aromatic rings. The maximum Gasteiger partial charge on any atom is 0.338 e. The number of benzene rings is 2. The van der Waals surface area contributed by atoms with Gasteiger partial charge in [-0.3, -0.25) is 9.69 Å². The van der Waals surface area contributed by atoms with E-state index in [0.717, 1.165) is 24.3 Å². The summed E-state index contributed by atoms with van der Waals surface area (Å²) in [6.07, 6.45) is 0. The van der Waals surface area contributed by atoms with Gasteiger partial charge in [0.05, 0.1) is 17.3 Å². The molecule has 33 heavy (non-hydrogen) atoms. The fourth-order valence-electron chi connectivity index (χ4n) is 4.47. The monoisotopic (exact) mass is 466 g/mol. The highest BCUT2D eigenvalue weighted by Crippen LogP contribution is 2.35. The Bertz CT molecular complexity index is 1110. The average Bonchev–Trinajstić information content (AvgIpc) is 3.23. The van der Waals surface area contributed by atoms with E-state index in [1.165, 1.54) is 4.90 Å². The number of nitrogens with one attached hydrogen (secondary N) is 1. The maximum absolute atomic E-state index is 13.0. The second kappa shape index (κ2) is 8.78. The third kappa shape index (κ3) is 4.14. The molecule has 8 nitrogen and oxygen atoms in total. The normalized spacial score (nSPS) is 20.5. The van der Waals surface area contributed by atoms with Gasteiger partial charge in [-0.15, -0.1) is 0 Å². The molecule has 170 valence electrons. The van der Waals surface area contributed by atoms with Crippen molar-refractivity contribution in [1.82, 2.24) is 15.1 Å². The molecule has 3 aliphatic heterocycles. The van der Waals surface area contributed by atoms with Crippen molar-refractivity contribution in [3.8, 4) is 0 Å². The standard InChI is InChI=1S/C24H23ClN4O4/c25-17-8-6-16(7-9-17)22-21-19(15-33-23(21)31)29(24(32)26-22)14-20(30)28-12-10-27(11-13-28)18-4-2-1-3-5-18/h1-9,22H,10-15H2,(H,26,32)/t22-/m0/s1. The number of carbonyl (C=O) groups excluding carboxylic acids is 3. The zero-order valence-electron chi connectivity index (χ0n) is 17.9. The van der Waals surface area contributed by atoms with Crippen LogP contribution in [0, 0.1) is 0 Å². The zero-order chi connectivity index (χ0) is 22.9. The number of amides is 3. The van der Waals surface area contributed by atoms with Gasteiger partial charge in [0.15, 0.2) is 0 Å². The number of nitrogens with zero attached hydrogens (tertiary/aromatic N) is 3. The predicted octanol–water partition coefficient (Wildman–Crippen LogP) is 2.57. The number of hydrogen-bond acceptors (Lipinski definition) is 5. The summed E-state index contributed by atoms with van der Waals surface area (Å²) in [7, 11) is 0. The molecule has 0 aliphatic carbocycles. The van der Waals surface area contributed by atoms with E-state index in [9.17, 15) is 14.4 Å². The summed E-state index contributed by atoms with van der Waals surface area (Å²) in [5.74, 6) is -0.645. The third-order valence-electron chi connectivity index (χ3n) is 6.25. The van der Waals surface area contributed by atoms with Gasteiger partial charge in [0.2, 0.25) is 5.91 Å². The van der Waals surface area contributed by atoms with E-state index in [-0.39, 0.29) is 19.1 Å². The molecule has 3 aliphatic rings. The Balaban J connectivity index is 1.30. The van der Waals surface area contributed by atoms with Gasteiger partial charge in [-0.2, -0.15) is 0 Å². The molecular formula is C24H23ClN4O4. The predicted molar refractivity (Wildman–Crippen MR) is 123 cm³/mol. The molecule has 0 bridgehead atoms. The van der Waals surface area contributed by atoms with E-state index in [4.69, 9.17) is 16.3 Å². The number of para-hydroxylation sites is 1. The van der Waals surface area contributed by atoms with Crippen molar-refractivity contribution < 1.29 is 19.1 Å². The minimum absolute atomic E-state index is 0.0270. The molecule has 3 heterocycles. The van der Waals surface area contributed by atoms with E-state index in [1.807, 2.05) is 18.2 Å². The van der Waals surface area contributed by atoms with Gasteiger partial charge in [0.25, 0.3) is 0 Å². The van der Waals surface area contributed by atoms with E-state index in [2.05, 4.69) is 22.3 Å². The van der Waals surface area contributed by atoms with Crippen molar-refractivity contribution in [2.75, 3.05) is 44.2 Å². The van der Waals surface area contributed by atoms with Gasteiger partial charge in [0.1, 0.15) is 13.2 Å². The molecule has 0 unspecified atom stereocenters. The summed E-state index contributed by atoms with van der Waals surface area (Å²) in [6, 6.07) is 15.9. The van der Waals surface area contributed by atoms with Gasteiger partial charge in [-0.05, 0) is 29.8 Å². The van der Waals surface area contributed by atoms with E-state index in [0.29, 0.717) is 29.4 Å². The lowest BCUT2D eigenvalue weighted by Gasteiger charge is -2.38. The molecule has 1 atom stereocenters. The highest BCUT2D eigenvalue weighted by atomic mass is 35.5. The average molecular weight is 467 g/mol. The molecule has 0 saturated carbocycles. The number of anilines is 1. The quantitative estimate of drug-likeness (QED) is 0.700. The van der Waals surface area contributed by atoms with E-state index in [1.54, 1.807) is 29.2 Å². The fourth-order valence-corrected chi connectivity index (χ4v) is 4.60. The molecule has 5 rings (SSSR count). The lowest BCUT2D eigenvalue weighted by Crippen LogP contribution is -2.54. The molecule has 0 radical (unpaired) electrons. The Morgan fingerprint density at radius 2 is 1.70 bits per heavy atom. The first-order chi connectivity index (χ1) is 16.0. The van der Waals surface area contributed by atoms with Crippen LogP contribution in [0.15, 0.2) is 65.9 Å². The first kappa shape index (κ1) is 21.3. The van der Waals surface area contributed by atoms with Crippen LogP contribution in [-0.4, -0.2) is 67.0 Å². The Hall–Kier alpha value is -3.52. The van der Waals surface area contributed by atoms with Gasteiger partial charge < -0.3 is 19.9 Å². The lowest BCUT2D eigenvalue weighted by molar-refractivity contribution is -0.136. The molecular weight excluding hydrogens is 444 g/mol. The first-order valence-electron chi connectivity index (χ1n) is 10.8. The van der Waals surface area contributed by atoms with Crippen LogP contribution in [0.3, 0.4) is 0 Å².